The Balaban J connectivity index is 2.60. The third-order valence-electron chi connectivity index (χ3n) is 2.93. The molecule has 0 saturated heterocycles. The summed E-state index contributed by atoms with van der Waals surface area (Å²) in [5.74, 6) is 0.776. The highest BCUT2D eigenvalue weighted by Gasteiger charge is 2.12. The van der Waals surface area contributed by atoms with Crippen molar-refractivity contribution in [3.05, 3.63) is 52.4 Å². The van der Waals surface area contributed by atoms with Crippen molar-refractivity contribution < 1.29 is 0 Å². The van der Waals surface area contributed by atoms with Gasteiger partial charge in [-0.3, -0.25) is 0 Å². The van der Waals surface area contributed by atoms with E-state index in [0.717, 1.165) is 17.9 Å². The monoisotopic (exact) mass is 214 g/mol. The first-order valence-electron chi connectivity index (χ1n) is 5.58. The minimum absolute atomic E-state index is 0.776. The molecule has 0 aromatic heterocycles. The van der Waals surface area contributed by atoms with E-state index in [2.05, 4.69) is 50.4 Å². The van der Waals surface area contributed by atoms with Crippen LogP contribution in [-0.4, -0.2) is 6.54 Å². The van der Waals surface area contributed by atoms with Crippen LogP contribution < -0.4 is 11.1 Å². The van der Waals surface area contributed by atoms with E-state index >= 15 is 0 Å². The first-order chi connectivity index (χ1) is 7.59. The van der Waals surface area contributed by atoms with Crippen LogP contribution >= 0.6 is 0 Å². The lowest BCUT2D eigenvalue weighted by Crippen LogP contribution is -2.24. The lowest BCUT2D eigenvalue weighted by atomic mass is 9.92. The van der Waals surface area contributed by atoms with E-state index in [9.17, 15) is 0 Å². The van der Waals surface area contributed by atoms with Gasteiger partial charge >= 0.3 is 0 Å². The average molecular weight is 214 g/mol. The molecule has 0 spiro atoms. The lowest BCUT2D eigenvalue weighted by molar-refractivity contribution is 0.879. The van der Waals surface area contributed by atoms with Crippen LogP contribution in [0.15, 0.2) is 30.1 Å². The van der Waals surface area contributed by atoms with Crippen molar-refractivity contribution in [2.24, 2.45) is 5.73 Å². The Morgan fingerprint density at radius 1 is 1.12 bits per heavy atom. The lowest BCUT2D eigenvalue weighted by Gasteiger charge is -2.18. The van der Waals surface area contributed by atoms with Gasteiger partial charge in [-0.2, -0.15) is 0 Å². The molecule has 1 aromatic rings. The summed E-state index contributed by atoms with van der Waals surface area (Å²) in [5, 5.41) is 3.17. The fourth-order valence-electron chi connectivity index (χ4n) is 2.35. The number of rotatable bonds is 1. The molecule has 2 heteroatoms. The van der Waals surface area contributed by atoms with Crippen LogP contribution in [0.3, 0.4) is 0 Å². The number of hydrogen-bond donors (Lipinski definition) is 2. The van der Waals surface area contributed by atoms with Crippen molar-refractivity contribution in [2.45, 2.75) is 20.8 Å². The van der Waals surface area contributed by atoms with Gasteiger partial charge in [0, 0.05) is 12.1 Å². The van der Waals surface area contributed by atoms with Crippen molar-refractivity contribution >= 4 is 5.57 Å². The van der Waals surface area contributed by atoms with Crippen LogP contribution in [0.1, 0.15) is 22.3 Å². The third kappa shape index (κ3) is 1.83. The molecule has 1 aliphatic heterocycles. The largest absolute Gasteiger partial charge is 0.385 e. The fraction of sp³-hybridized carbons (Fsp3) is 0.286. The summed E-state index contributed by atoms with van der Waals surface area (Å²) >= 11 is 0. The first-order valence-corrected chi connectivity index (χ1v) is 5.58. The van der Waals surface area contributed by atoms with Gasteiger partial charge in [0.2, 0.25) is 0 Å². The molecule has 0 radical (unpaired) electrons. The van der Waals surface area contributed by atoms with Crippen LogP contribution in [0.4, 0.5) is 0 Å². The summed E-state index contributed by atoms with van der Waals surface area (Å²) in [7, 11) is 0. The summed E-state index contributed by atoms with van der Waals surface area (Å²) < 4.78 is 0. The molecular formula is C14H18N2. The van der Waals surface area contributed by atoms with E-state index in [1.165, 1.54) is 22.3 Å². The maximum Gasteiger partial charge on any atom is 0.104 e. The molecule has 1 aromatic carbocycles. The number of aryl methyl sites for hydroxylation is 3. The summed E-state index contributed by atoms with van der Waals surface area (Å²) in [6.45, 7) is 7.21. The van der Waals surface area contributed by atoms with Crippen molar-refractivity contribution in [3.63, 3.8) is 0 Å². The number of nitrogens with one attached hydrogen (secondary N) is 1. The van der Waals surface area contributed by atoms with E-state index in [1.54, 1.807) is 0 Å². The van der Waals surface area contributed by atoms with Gasteiger partial charge in [0.05, 0.1) is 0 Å². The molecular weight excluding hydrogens is 196 g/mol. The normalized spacial score (nSPS) is 15.2. The van der Waals surface area contributed by atoms with Gasteiger partial charge in [0.15, 0.2) is 0 Å². The van der Waals surface area contributed by atoms with E-state index < -0.39 is 0 Å². The molecule has 0 atom stereocenters. The predicted molar refractivity (Wildman–Crippen MR) is 68.9 cm³/mol. The van der Waals surface area contributed by atoms with Crippen molar-refractivity contribution in [2.75, 3.05) is 6.54 Å². The minimum Gasteiger partial charge on any atom is -0.385 e. The topological polar surface area (TPSA) is 38.0 Å². The minimum atomic E-state index is 0.776. The molecule has 1 heterocycles. The summed E-state index contributed by atoms with van der Waals surface area (Å²) in [6.07, 6.45) is 4.21. The van der Waals surface area contributed by atoms with E-state index in [1.807, 2.05) is 0 Å². The Kier molecular flexibility index (Phi) is 2.73. The Labute approximate surface area is 96.9 Å². The fourth-order valence-corrected chi connectivity index (χ4v) is 2.35. The highest BCUT2D eigenvalue weighted by molar-refractivity contribution is 5.80. The van der Waals surface area contributed by atoms with E-state index in [-0.39, 0.29) is 0 Å². The van der Waals surface area contributed by atoms with Crippen molar-refractivity contribution in [1.29, 1.82) is 0 Å². The molecule has 0 saturated carbocycles. The van der Waals surface area contributed by atoms with Crippen molar-refractivity contribution in [3.8, 4) is 0 Å². The van der Waals surface area contributed by atoms with Gasteiger partial charge in [-0.05, 0) is 37.5 Å². The second-order valence-corrected chi connectivity index (χ2v) is 4.38. The van der Waals surface area contributed by atoms with E-state index in [4.69, 9.17) is 5.73 Å². The Hall–Kier alpha value is -1.70. The van der Waals surface area contributed by atoms with Crippen LogP contribution in [-0.2, 0) is 0 Å². The molecule has 2 nitrogen and oxygen atoms in total. The zero-order valence-electron chi connectivity index (χ0n) is 10.1. The molecule has 3 N–H and O–H groups in total. The summed E-state index contributed by atoms with van der Waals surface area (Å²) in [5.41, 5.74) is 12.2. The van der Waals surface area contributed by atoms with Gasteiger partial charge in [0.25, 0.3) is 0 Å². The smallest absolute Gasteiger partial charge is 0.104 e. The standard InChI is InChI=1S/C14H18N2/c1-9-7-10(2)13(11(3)8-9)12-5-4-6-16-14(12)15/h4-5,7-8,16H,6,15H2,1-3H3. The molecule has 0 fully saturated rings. The molecule has 84 valence electrons. The summed E-state index contributed by atoms with van der Waals surface area (Å²) in [4.78, 5) is 0. The molecule has 0 bridgehead atoms. The second-order valence-electron chi connectivity index (χ2n) is 4.38. The van der Waals surface area contributed by atoms with Gasteiger partial charge in [-0.1, -0.05) is 29.8 Å². The van der Waals surface area contributed by atoms with Gasteiger partial charge in [0.1, 0.15) is 5.82 Å². The SMILES string of the molecule is Cc1cc(C)c(C2=C(N)NCC=C2)c(C)c1. The average Bonchev–Trinajstić information content (AvgIpc) is 2.19. The Bertz CT molecular complexity index is 459. The number of allylic oxidation sites excluding steroid dienone is 2. The van der Waals surface area contributed by atoms with Gasteiger partial charge in [-0.25, -0.2) is 0 Å². The zero-order valence-corrected chi connectivity index (χ0v) is 10.1. The van der Waals surface area contributed by atoms with Crippen LogP contribution in [0.25, 0.3) is 5.57 Å². The number of benzene rings is 1. The number of nitrogens with two attached hydrogens (primary N) is 1. The molecule has 0 aliphatic carbocycles. The van der Waals surface area contributed by atoms with E-state index in [0.29, 0.717) is 0 Å². The molecule has 16 heavy (non-hydrogen) atoms. The predicted octanol–water partition coefficient (Wildman–Crippen LogP) is 2.40. The van der Waals surface area contributed by atoms with Crippen LogP contribution in [0.2, 0.25) is 0 Å². The Morgan fingerprint density at radius 3 is 2.31 bits per heavy atom. The highest BCUT2D eigenvalue weighted by Crippen LogP contribution is 2.27. The highest BCUT2D eigenvalue weighted by atomic mass is 15.0. The molecule has 1 aliphatic rings. The third-order valence-corrected chi connectivity index (χ3v) is 2.93. The number of hydrogen-bond acceptors (Lipinski definition) is 2. The number of dihydropyridines is 1. The van der Waals surface area contributed by atoms with Crippen LogP contribution in [0.5, 0.6) is 0 Å². The van der Waals surface area contributed by atoms with Gasteiger partial charge in [-0.15, -0.1) is 0 Å². The maximum absolute atomic E-state index is 6.00. The molecule has 0 unspecified atom stereocenters. The molecule has 0 amide bonds. The van der Waals surface area contributed by atoms with Gasteiger partial charge < -0.3 is 11.1 Å². The quantitative estimate of drug-likeness (QED) is 0.753. The zero-order chi connectivity index (χ0) is 11.7. The molecule has 2 rings (SSSR count). The first kappa shape index (κ1) is 10.8. The Morgan fingerprint density at radius 2 is 1.75 bits per heavy atom. The summed E-state index contributed by atoms with van der Waals surface area (Å²) in [6, 6.07) is 4.40. The second kappa shape index (κ2) is 4.05. The van der Waals surface area contributed by atoms with Crippen molar-refractivity contribution in [1.82, 2.24) is 5.32 Å². The van der Waals surface area contributed by atoms with Crippen LogP contribution in [0, 0.1) is 20.8 Å². The maximum atomic E-state index is 6.00.